The Hall–Kier alpha value is 0.0500. The number of aliphatic hydroxyl groups is 4. The van der Waals surface area contributed by atoms with Gasteiger partial charge in [-0.3, -0.25) is 0 Å². The maximum absolute atomic E-state index is 8.17. The highest BCUT2D eigenvalue weighted by Gasteiger charge is 2.20. The molecule has 6 nitrogen and oxygen atoms in total. The summed E-state index contributed by atoms with van der Waals surface area (Å²) in [5.41, 5.74) is 0. The first-order valence-corrected chi connectivity index (χ1v) is 5.51. The van der Waals surface area contributed by atoms with Crippen LogP contribution in [-0.2, 0) is 9.47 Å². The van der Waals surface area contributed by atoms with Crippen molar-refractivity contribution in [2.24, 2.45) is 0 Å². The molecule has 0 radical (unpaired) electrons. The minimum atomic E-state index is -0.954. The third-order valence-corrected chi connectivity index (χ3v) is 1.95. The summed E-state index contributed by atoms with van der Waals surface area (Å²) in [6, 6.07) is 0. The van der Waals surface area contributed by atoms with Crippen molar-refractivity contribution in [3.8, 4) is 0 Å². The predicted molar refractivity (Wildman–Crippen MR) is 57.5 cm³/mol. The van der Waals surface area contributed by atoms with Gasteiger partial charge in [-0.15, -0.1) is 11.6 Å². The first-order valence-electron chi connectivity index (χ1n) is 4.97. The van der Waals surface area contributed by atoms with Crippen molar-refractivity contribution in [2.45, 2.75) is 18.3 Å². The van der Waals surface area contributed by atoms with E-state index in [1.165, 1.54) is 0 Å². The molecule has 2 aliphatic rings. The summed E-state index contributed by atoms with van der Waals surface area (Å²) in [6.45, 7) is 1.10. The first kappa shape index (κ1) is 16.1. The minimum Gasteiger partial charge on any atom is -0.394 e. The molecule has 0 aromatic carbocycles. The summed E-state index contributed by atoms with van der Waals surface area (Å²) in [5, 5.41) is 32.1. The van der Waals surface area contributed by atoms with Gasteiger partial charge in [-0.2, -0.15) is 0 Å². The lowest BCUT2D eigenvalue weighted by molar-refractivity contribution is 0.0450. The van der Waals surface area contributed by atoms with Crippen LogP contribution in [0.25, 0.3) is 0 Å². The summed E-state index contributed by atoms with van der Waals surface area (Å²) in [4.78, 5) is 0. The van der Waals surface area contributed by atoms with Crippen molar-refractivity contribution < 1.29 is 29.9 Å². The third-order valence-electron chi connectivity index (χ3n) is 1.60. The van der Waals surface area contributed by atoms with Crippen molar-refractivity contribution in [3.63, 3.8) is 0 Å². The molecule has 4 N–H and O–H groups in total. The number of epoxide rings is 2. The predicted octanol–water partition coefficient (Wildman–Crippen LogP) is -1.67. The van der Waals surface area contributed by atoms with E-state index >= 15 is 0 Å². The van der Waals surface area contributed by atoms with Crippen LogP contribution >= 0.6 is 11.6 Å². The van der Waals surface area contributed by atoms with Gasteiger partial charge in [0.1, 0.15) is 12.2 Å². The monoisotopic (exact) mass is 258 g/mol. The van der Waals surface area contributed by atoms with E-state index in [2.05, 4.69) is 4.74 Å². The van der Waals surface area contributed by atoms with Gasteiger partial charge in [-0.25, -0.2) is 0 Å². The maximum Gasteiger partial charge on any atom is 0.104 e. The zero-order valence-corrected chi connectivity index (χ0v) is 9.71. The molecule has 0 aromatic heterocycles. The topological polar surface area (TPSA) is 106 Å². The van der Waals surface area contributed by atoms with Crippen molar-refractivity contribution >= 4 is 11.6 Å². The molecule has 2 rings (SSSR count). The van der Waals surface area contributed by atoms with Crippen LogP contribution in [0.2, 0.25) is 0 Å². The van der Waals surface area contributed by atoms with Gasteiger partial charge in [0.2, 0.25) is 0 Å². The summed E-state index contributed by atoms with van der Waals surface area (Å²) < 4.78 is 9.33. The maximum atomic E-state index is 8.17. The SMILES string of the molecule is ClCC1CO1.OCC(O)CO.OCC1CO1. The largest absolute Gasteiger partial charge is 0.394 e. The molecule has 0 aromatic rings. The average molecular weight is 259 g/mol. The number of alkyl halides is 1. The molecule has 0 aliphatic carbocycles. The second-order valence-corrected chi connectivity index (χ2v) is 3.58. The Morgan fingerprint density at radius 2 is 1.50 bits per heavy atom. The van der Waals surface area contributed by atoms with Crippen molar-refractivity contribution in [1.82, 2.24) is 0 Å². The number of ether oxygens (including phenoxy) is 2. The number of hydrogen-bond acceptors (Lipinski definition) is 6. The molecular weight excluding hydrogens is 240 g/mol. The Morgan fingerprint density at radius 3 is 1.50 bits per heavy atom. The molecule has 2 atom stereocenters. The molecule has 2 aliphatic heterocycles. The molecule has 0 bridgehead atoms. The number of aliphatic hydroxyl groups excluding tert-OH is 4. The minimum absolute atomic E-state index is 0.190. The van der Waals surface area contributed by atoms with Crippen LogP contribution in [0.5, 0.6) is 0 Å². The van der Waals surface area contributed by atoms with Gasteiger partial charge in [-0.1, -0.05) is 0 Å². The molecule has 2 fully saturated rings. The average Bonchev–Trinajstić information content (AvgIpc) is 3.23. The van der Waals surface area contributed by atoms with Gasteiger partial charge in [0.25, 0.3) is 0 Å². The Kier molecular flexibility index (Phi) is 10.3. The highest BCUT2D eigenvalue weighted by molar-refractivity contribution is 6.18. The van der Waals surface area contributed by atoms with E-state index in [1.54, 1.807) is 0 Å². The van der Waals surface area contributed by atoms with E-state index in [0.29, 0.717) is 12.0 Å². The Balaban J connectivity index is 0.000000211. The van der Waals surface area contributed by atoms with Gasteiger partial charge in [-0.05, 0) is 0 Å². The van der Waals surface area contributed by atoms with E-state index < -0.39 is 6.10 Å². The zero-order valence-electron chi connectivity index (χ0n) is 8.96. The standard InChI is InChI=1S/C3H5ClO.C3H8O3.C3H6O2/c4-1-3-2-5-3;4-1-3(6)2-5;4-1-3-2-5-3/h3H,1-2H2;3-6H,1-2H2;3-4H,1-2H2. The van der Waals surface area contributed by atoms with E-state index in [-0.39, 0.29) is 25.9 Å². The summed E-state index contributed by atoms with van der Waals surface area (Å²) in [7, 11) is 0. The van der Waals surface area contributed by atoms with Crippen molar-refractivity contribution in [2.75, 3.05) is 38.9 Å². The van der Waals surface area contributed by atoms with Crippen LogP contribution in [0, 0.1) is 0 Å². The Morgan fingerprint density at radius 1 is 1.06 bits per heavy atom. The fourth-order valence-corrected chi connectivity index (χ4v) is 0.566. The quantitative estimate of drug-likeness (QED) is 0.355. The van der Waals surface area contributed by atoms with E-state index in [0.717, 1.165) is 13.2 Å². The molecule has 0 spiro atoms. The zero-order chi connectivity index (χ0) is 12.4. The van der Waals surface area contributed by atoms with E-state index in [4.69, 9.17) is 36.8 Å². The molecule has 16 heavy (non-hydrogen) atoms. The van der Waals surface area contributed by atoms with Gasteiger partial charge < -0.3 is 29.9 Å². The normalized spacial score (nSPS) is 25.1. The Labute approximate surface area is 99.4 Å². The van der Waals surface area contributed by atoms with E-state index in [1.807, 2.05) is 0 Å². The van der Waals surface area contributed by atoms with Crippen LogP contribution in [0.4, 0.5) is 0 Å². The summed E-state index contributed by atoms with van der Waals surface area (Å²) >= 11 is 5.27. The first-order chi connectivity index (χ1) is 7.67. The van der Waals surface area contributed by atoms with Crippen LogP contribution in [0.1, 0.15) is 0 Å². The lowest BCUT2D eigenvalue weighted by Crippen LogP contribution is -2.15. The van der Waals surface area contributed by atoms with Gasteiger partial charge in [0, 0.05) is 0 Å². The molecule has 98 valence electrons. The summed E-state index contributed by atoms with van der Waals surface area (Å²) in [5.74, 6) is 0.667. The van der Waals surface area contributed by atoms with Crippen molar-refractivity contribution in [3.05, 3.63) is 0 Å². The fourth-order valence-electron chi connectivity index (χ4n) is 0.388. The van der Waals surface area contributed by atoms with Crippen LogP contribution in [-0.4, -0.2) is 77.7 Å². The number of rotatable bonds is 4. The highest BCUT2D eigenvalue weighted by Crippen LogP contribution is 2.08. The Bertz CT molecular complexity index is 135. The van der Waals surface area contributed by atoms with Gasteiger partial charge >= 0.3 is 0 Å². The lowest BCUT2D eigenvalue weighted by atomic mass is 10.4. The van der Waals surface area contributed by atoms with Crippen LogP contribution in [0.3, 0.4) is 0 Å². The molecule has 2 unspecified atom stereocenters. The number of hydrogen-bond donors (Lipinski definition) is 4. The smallest absolute Gasteiger partial charge is 0.104 e. The molecule has 2 heterocycles. The molecular formula is C9H19ClO6. The second-order valence-electron chi connectivity index (χ2n) is 3.27. The van der Waals surface area contributed by atoms with Crippen molar-refractivity contribution in [1.29, 1.82) is 0 Å². The third kappa shape index (κ3) is 12.1. The molecule has 0 saturated carbocycles. The van der Waals surface area contributed by atoms with Gasteiger partial charge in [0.15, 0.2) is 0 Å². The van der Waals surface area contributed by atoms with E-state index in [9.17, 15) is 0 Å². The summed E-state index contributed by atoms with van der Waals surface area (Å²) in [6.07, 6.45) is -0.364. The molecule has 2 saturated heterocycles. The highest BCUT2D eigenvalue weighted by atomic mass is 35.5. The fraction of sp³-hybridized carbons (Fsp3) is 1.00. The van der Waals surface area contributed by atoms with Crippen LogP contribution in [0.15, 0.2) is 0 Å². The lowest BCUT2D eigenvalue weighted by Gasteiger charge is -1.96. The molecule has 7 heteroatoms. The number of halogens is 1. The van der Waals surface area contributed by atoms with Gasteiger partial charge in [0.05, 0.1) is 45.0 Å². The van der Waals surface area contributed by atoms with Crippen LogP contribution < -0.4 is 0 Å². The second kappa shape index (κ2) is 10.2. The molecule has 0 amide bonds.